The summed E-state index contributed by atoms with van der Waals surface area (Å²) in [5, 5.41) is 6.41. The van der Waals surface area contributed by atoms with Gasteiger partial charge in [-0.3, -0.25) is 9.59 Å². The SMILES string of the molecule is CC[C@H](C)NC(=O)CN1CN(c2ccccc2)C2(CCN(C(=O)Nc3cccc(Cl)c3Cl)CC2)C1=O. The summed E-state index contributed by atoms with van der Waals surface area (Å²) in [6.45, 7) is 5.03. The smallest absolute Gasteiger partial charge is 0.321 e. The van der Waals surface area contributed by atoms with Crippen LogP contribution in [-0.2, 0) is 9.59 Å². The number of likely N-dealkylation sites (tertiary alicyclic amines) is 1. The molecule has 4 rings (SSSR count). The topological polar surface area (TPSA) is 85.0 Å². The highest BCUT2D eigenvalue weighted by atomic mass is 35.5. The van der Waals surface area contributed by atoms with Gasteiger partial charge >= 0.3 is 6.03 Å². The van der Waals surface area contributed by atoms with Crippen molar-refractivity contribution in [3.8, 4) is 0 Å². The first kappa shape index (κ1) is 26.1. The van der Waals surface area contributed by atoms with Crippen LogP contribution in [0.25, 0.3) is 0 Å². The van der Waals surface area contributed by atoms with Crippen molar-refractivity contribution >= 4 is 52.4 Å². The largest absolute Gasteiger partial charge is 0.352 e. The van der Waals surface area contributed by atoms with E-state index in [0.29, 0.717) is 43.3 Å². The molecule has 0 aliphatic carbocycles. The molecular formula is C26H31Cl2N5O3. The monoisotopic (exact) mass is 531 g/mol. The number of rotatable bonds is 6. The number of urea groups is 1. The van der Waals surface area contributed by atoms with Crippen LogP contribution in [0.4, 0.5) is 16.2 Å². The molecule has 2 saturated heterocycles. The first-order valence-electron chi connectivity index (χ1n) is 12.2. The van der Waals surface area contributed by atoms with Crippen LogP contribution in [0.3, 0.4) is 0 Å². The van der Waals surface area contributed by atoms with Crippen molar-refractivity contribution in [1.29, 1.82) is 0 Å². The van der Waals surface area contributed by atoms with Crippen LogP contribution < -0.4 is 15.5 Å². The number of carbonyl (C=O) groups excluding carboxylic acids is 3. The highest BCUT2D eigenvalue weighted by Gasteiger charge is 2.54. The lowest BCUT2D eigenvalue weighted by Crippen LogP contribution is -2.58. The number of halogens is 2. The van der Waals surface area contributed by atoms with E-state index >= 15 is 0 Å². The van der Waals surface area contributed by atoms with E-state index in [1.807, 2.05) is 44.2 Å². The Morgan fingerprint density at radius 2 is 1.75 bits per heavy atom. The van der Waals surface area contributed by atoms with Gasteiger partial charge in [-0.1, -0.05) is 54.4 Å². The predicted molar refractivity (Wildman–Crippen MR) is 142 cm³/mol. The third-order valence-electron chi connectivity index (χ3n) is 7.01. The summed E-state index contributed by atoms with van der Waals surface area (Å²) in [6.07, 6.45) is 1.71. The van der Waals surface area contributed by atoms with Crippen LogP contribution in [0.5, 0.6) is 0 Å². The molecule has 2 aliphatic rings. The average molecular weight is 532 g/mol. The van der Waals surface area contributed by atoms with E-state index in [1.165, 1.54) is 0 Å². The van der Waals surface area contributed by atoms with Crippen LogP contribution in [0.2, 0.25) is 10.0 Å². The van der Waals surface area contributed by atoms with Crippen molar-refractivity contribution in [3.05, 3.63) is 58.6 Å². The van der Waals surface area contributed by atoms with Gasteiger partial charge in [0.05, 0.1) is 22.4 Å². The maximum absolute atomic E-state index is 13.8. The van der Waals surface area contributed by atoms with Gasteiger partial charge in [0.2, 0.25) is 5.91 Å². The third-order valence-corrected chi connectivity index (χ3v) is 7.83. The molecule has 0 aromatic heterocycles. The Kier molecular flexibility index (Phi) is 7.95. The molecule has 2 aliphatic heterocycles. The van der Waals surface area contributed by atoms with Gasteiger partial charge in [0, 0.05) is 24.8 Å². The summed E-state index contributed by atoms with van der Waals surface area (Å²) in [5.41, 5.74) is 0.540. The number of carbonyl (C=O) groups is 3. The Balaban J connectivity index is 1.50. The fourth-order valence-electron chi connectivity index (χ4n) is 4.79. The highest BCUT2D eigenvalue weighted by molar-refractivity contribution is 6.43. The predicted octanol–water partition coefficient (Wildman–Crippen LogP) is 4.58. The van der Waals surface area contributed by atoms with Crippen molar-refractivity contribution in [2.75, 3.05) is 36.5 Å². The summed E-state index contributed by atoms with van der Waals surface area (Å²) in [5.74, 6) is -0.249. The van der Waals surface area contributed by atoms with Gasteiger partial charge in [-0.15, -0.1) is 0 Å². The summed E-state index contributed by atoms with van der Waals surface area (Å²) in [7, 11) is 0. The number of benzene rings is 2. The quantitative estimate of drug-likeness (QED) is 0.571. The van der Waals surface area contributed by atoms with Gasteiger partial charge in [-0.05, 0) is 50.5 Å². The maximum Gasteiger partial charge on any atom is 0.321 e. The zero-order valence-electron chi connectivity index (χ0n) is 20.5. The second kappa shape index (κ2) is 11.0. The Bertz CT molecular complexity index is 1120. The standard InChI is InChI=1S/C26H31Cl2N5O3/c1-3-18(2)29-22(34)16-32-17-33(19-8-5-4-6-9-19)26(24(32)35)12-14-31(15-13-26)25(36)30-21-11-7-10-20(27)23(21)28/h4-11,18H,3,12-17H2,1-2H3,(H,29,34)(H,30,36)/t18-/m0/s1. The van der Waals surface area contributed by atoms with Crippen molar-refractivity contribution < 1.29 is 14.4 Å². The van der Waals surface area contributed by atoms with E-state index in [2.05, 4.69) is 15.5 Å². The van der Waals surface area contributed by atoms with E-state index in [0.717, 1.165) is 12.1 Å². The molecule has 10 heteroatoms. The third kappa shape index (κ3) is 5.25. The molecule has 2 N–H and O–H groups in total. The number of anilines is 2. The lowest BCUT2D eigenvalue weighted by atomic mass is 9.85. The molecule has 0 unspecified atom stereocenters. The number of hydrogen-bond donors (Lipinski definition) is 2. The number of para-hydroxylation sites is 1. The van der Waals surface area contributed by atoms with Crippen LogP contribution in [0, 0.1) is 0 Å². The summed E-state index contributed by atoms with van der Waals surface area (Å²) in [4.78, 5) is 44.7. The summed E-state index contributed by atoms with van der Waals surface area (Å²) >= 11 is 12.3. The number of nitrogens with one attached hydrogen (secondary N) is 2. The lowest BCUT2D eigenvalue weighted by Gasteiger charge is -2.43. The normalized spacial score (nSPS) is 17.9. The summed E-state index contributed by atoms with van der Waals surface area (Å²) in [6, 6.07) is 14.6. The molecule has 0 saturated carbocycles. The number of piperidine rings is 1. The van der Waals surface area contributed by atoms with Gasteiger partial charge in [-0.25, -0.2) is 4.79 Å². The molecule has 2 aromatic rings. The minimum absolute atomic E-state index is 0.00568. The Hall–Kier alpha value is -2.97. The summed E-state index contributed by atoms with van der Waals surface area (Å²) < 4.78 is 0. The second-order valence-electron chi connectivity index (χ2n) is 9.34. The van der Waals surface area contributed by atoms with Gasteiger partial charge in [0.25, 0.3) is 5.91 Å². The second-order valence-corrected chi connectivity index (χ2v) is 10.1. The molecule has 192 valence electrons. The van der Waals surface area contributed by atoms with Crippen LogP contribution in [0.1, 0.15) is 33.1 Å². The van der Waals surface area contributed by atoms with E-state index in [9.17, 15) is 14.4 Å². The Morgan fingerprint density at radius 1 is 1.06 bits per heavy atom. The minimum Gasteiger partial charge on any atom is -0.352 e. The Labute approximate surface area is 221 Å². The molecule has 0 bridgehead atoms. The van der Waals surface area contributed by atoms with Gasteiger partial charge in [-0.2, -0.15) is 0 Å². The molecule has 8 nitrogen and oxygen atoms in total. The molecule has 4 amide bonds. The van der Waals surface area contributed by atoms with E-state index in [-0.39, 0.29) is 35.5 Å². The molecule has 2 heterocycles. The van der Waals surface area contributed by atoms with Crippen LogP contribution in [-0.4, -0.2) is 65.5 Å². The van der Waals surface area contributed by atoms with Crippen molar-refractivity contribution in [2.24, 2.45) is 0 Å². The van der Waals surface area contributed by atoms with E-state index in [4.69, 9.17) is 23.2 Å². The maximum atomic E-state index is 13.8. The zero-order chi connectivity index (χ0) is 25.9. The first-order valence-corrected chi connectivity index (χ1v) is 12.9. The van der Waals surface area contributed by atoms with E-state index < -0.39 is 5.54 Å². The van der Waals surface area contributed by atoms with Gasteiger partial charge in [0.1, 0.15) is 12.1 Å². The fraction of sp³-hybridized carbons (Fsp3) is 0.423. The number of hydrogen-bond acceptors (Lipinski definition) is 4. The van der Waals surface area contributed by atoms with Crippen molar-refractivity contribution in [1.82, 2.24) is 15.1 Å². The molecule has 36 heavy (non-hydrogen) atoms. The fourth-order valence-corrected chi connectivity index (χ4v) is 5.14. The molecule has 0 radical (unpaired) electrons. The van der Waals surface area contributed by atoms with Crippen LogP contribution in [0.15, 0.2) is 48.5 Å². The van der Waals surface area contributed by atoms with Crippen molar-refractivity contribution in [2.45, 2.75) is 44.7 Å². The first-order chi connectivity index (χ1) is 17.2. The molecule has 1 spiro atoms. The number of amides is 4. The molecule has 2 fully saturated rings. The highest BCUT2D eigenvalue weighted by Crippen LogP contribution is 2.39. The van der Waals surface area contributed by atoms with Crippen LogP contribution >= 0.6 is 23.2 Å². The zero-order valence-corrected chi connectivity index (χ0v) is 22.0. The molecule has 2 aromatic carbocycles. The minimum atomic E-state index is -0.817. The Morgan fingerprint density at radius 3 is 2.42 bits per heavy atom. The van der Waals surface area contributed by atoms with Gasteiger partial charge < -0.3 is 25.3 Å². The lowest BCUT2D eigenvalue weighted by molar-refractivity contribution is -0.137. The molecule has 1 atom stereocenters. The van der Waals surface area contributed by atoms with E-state index in [1.54, 1.807) is 28.0 Å². The average Bonchev–Trinajstić information content (AvgIpc) is 3.13. The number of nitrogens with zero attached hydrogens (tertiary/aromatic N) is 3. The van der Waals surface area contributed by atoms with Gasteiger partial charge in [0.15, 0.2) is 0 Å². The molecular weight excluding hydrogens is 501 g/mol. The van der Waals surface area contributed by atoms with Crippen molar-refractivity contribution in [3.63, 3.8) is 0 Å².